The van der Waals surface area contributed by atoms with Crippen molar-refractivity contribution in [1.82, 2.24) is 14.4 Å². The lowest BCUT2D eigenvalue weighted by molar-refractivity contribution is 0.0546. The number of amides is 1. The molecule has 1 amide bonds. The molecule has 6 heteroatoms. The van der Waals surface area contributed by atoms with Crippen LogP contribution in [0.4, 0.5) is 0 Å². The molecule has 2 aliphatic carbocycles. The van der Waals surface area contributed by atoms with E-state index in [1.165, 1.54) is 49.7 Å². The molecular weight excluding hydrogens is 450 g/mol. The van der Waals surface area contributed by atoms with Gasteiger partial charge in [-0.05, 0) is 56.1 Å². The van der Waals surface area contributed by atoms with Crippen LogP contribution in [-0.4, -0.2) is 59.6 Å². The number of aromatic nitrogens is 1. The first-order chi connectivity index (χ1) is 17.5. The summed E-state index contributed by atoms with van der Waals surface area (Å²) in [4.78, 5) is 31.4. The van der Waals surface area contributed by atoms with Crippen LogP contribution in [0.15, 0.2) is 35.1 Å². The van der Waals surface area contributed by atoms with Crippen LogP contribution in [-0.2, 0) is 30.7 Å². The lowest BCUT2D eigenvalue weighted by Gasteiger charge is -2.41. The molecule has 0 spiro atoms. The van der Waals surface area contributed by atoms with E-state index in [9.17, 15) is 9.59 Å². The molecule has 1 aromatic carbocycles. The number of fused-ring (bicyclic) bond motifs is 1. The summed E-state index contributed by atoms with van der Waals surface area (Å²) in [7, 11) is 1.65. The summed E-state index contributed by atoms with van der Waals surface area (Å²) in [6.45, 7) is 6.19. The van der Waals surface area contributed by atoms with Gasteiger partial charge in [0.1, 0.15) is 5.56 Å². The van der Waals surface area contributed by atoms with Gasteiger partial charge in [0.15, 0.2) is 5.43 Å². The summed E-state index contributed by atoms with van der Waals surface area (Å²) >= 11 is 0. The number of hydrogen-bond acceptors (Lipinski definition) is 4. The third kappa shape index (κ3) is 5.30. The van der Waals surface area contributed by atoms with Crippen molar-refractivity contribution < 1.29 is 9.53 Å². The van der Waals surface area contributed by atoms with E-state index in [2.05, 4.69) is 33.7 Å². The maximum absolute atomic E-state index is 13.8. The molecule has 0 radical (unpaired) electrons. The Morgan fingerprint density at radius 3 is 2.44 bits per heavy atom. The molecule has 0 bridgehead atoms. The van der Waals surface area contributed by atoms with Crippen LogP contribution >= 0.6 is 0 Å². The highest BCUT2D eigenvalue weighted by Gasteiger charge is 2.31. The fraction of sp³-hybridized carbons (Fsp3) is 0.600. The number of aryl methyl sites for hydroxylation is 2. The van der Waals surface area contributed by atoms with Gasteiger partial charge in [0, 0.05) is 57.6 Å². The number of methoxy groups -OCH3 is 1. The van der Waals surface area contributed by atoms with Gasteiger partial charge in [-0.1, -0.05) is 43.5 Å². The second kappa shape index (κ2) is 11.3. The number of rotatable bonds is 6. The topological polar surface area (TPSA) is 54.8 Å². The van der Waals surface area contributed by atoms with Crippen molar-refractivity contribution in [1.29, 1.82) is 0 Å². The van der Waals surface area contributed by atoms with E-state index < -0.39 is 0 Å². The maximum atomic E-state index is 13.8. The molecule has 0 unspecified atom stereocenters. The van der Waals surface area contributed by atoms with E-state index in [4.69, 9.17) is 4.74 Å². The summed E-state index contributed by atoms with van der Waals surface area (Å²) in [5.74, 6) is 0.473. The minimum atomic E-state index is -0.171. The summed E-state index contributed by atoms with van der Waals surface area (Å²) in [6.07, 6.45) is 9.68. The molecule has 2 fully saturated rings. The summed E-state index contributed by atoms with van der Waals surface area (Å²) in [6, 6.07) is 11.0. The zero-order valence-electron chi connectivity index (χ0n) is 22.0. The molecular formula is C30H41N3O3. The zero-order valence-corrected chi connectivity index (χ0v) is 22.0. The molecule has 1 atom stereocenters. The first-order valence-electron chi connectivity index (χ1n) is 13.9. The molecule has 3 aliphatic rings. The number of hydrogen-bond donors (Lipinski definition) is 0. The molecule has 1 saturated carbocycles. The van der Waals surface area contributed by atoms with Gasteiger partial charge in [-0.15, -0.1) is 0 Å². The van der Waals surface area contributed by atoms with Crippen molar-refractivity contribution in [3.8, 4) is 0 Å². The molecule has 1 aliphatic heterocycles. The van der Waals surface area contributed by atoms with Crippen molar-refractivity contribution in [2.24, 2.45) is 5.92 Å². The fourth-order valence-corrected chi connectivity index (χ4v) is 6.67. The number of carbonyl (C=O) groups is 1. The number of nitrogens with zero attached hydrogens (tertiary/aromatic N) is 3. The molecule has 6 nitrogen and oxygen atoms in total. The Balaban J connectivity index is 1.31. The number of benzene rings is 1. The lowest BCUT2D eigenvalue weighted by Crippen LogP contribution is -2.53. The van der Waals surface area contributed by atoms with Gasteiger partial charge in [-0.25, -0.2) is 0 Å². The van der Waals surface area contributed by atoms with E-state index >= 15 is 0 Å². The van der Waals surface area contributed by atoms with Crippen molar-refractivity contribution in [2.45, 2.75) is 77.5 Å². The first-order valence-corrected chi connectivity index (χ1v) is 13.9. The Bertz CT molecular complexity index is 1130. The number of carbonyl (C=O) groups excluding carboxylic acids is 1. The highest BCUT2D eigenvalue weighted by Crippen LogP contribution is 2.28. The zero-order chi connectivity index (χ0) is 25.1. The second-order valence-corrected chi connectivity index (χ2v) is 11.0. The minimum absolute atomic E-state index is 0.127. The standard InChI is InChI=1S/C30H41N3O3/c1-22-18-28(34)29(27(21-36-2)33(22)20-23-8-4-3-5-9-23)30(35)32-16-14-31(15-17-32)26-13-12-24-10-6-7-11-25(24)19-26/h6-7,10-11,18,23,26H,3-5,8-9,12-17,19-21H2,1-2H3/t26-/m1/s1. The predicted octanol–water partition coefficient (Wildman–Crippen LogP) is 4.20. The average Bonchev–Trinajstić information content (AvgIpc) is 2.91. The summed E-state index contributed by atoms with van der Waals surface area (Å²) in [5, 5.41) is 0. The van der Waals surface area contributed by atoms with Crippen LogP contribution in [0.3, 0.4) is 0 Å². The SMILES string of the molecule is COCc1c(C(=O)N2CCN([C@@H]3CCc4ccccc4C3)CC2)c(=O)cc(C)n1CC1CCCCC1. The molecule has 1 aromatic heterocycles. The first kappa shape index (κ1) is 25.2. The Morgan fingerprint density at radius 1 is 1.00 bits per heavy atom. The number of ether oxygens (including phenoxy) is 1. The molecule has 5 rings (SSSR count). The van der Waals surface area contributed by atoms with Crippen LogP contribution in [0.5, 0.6) is 0 Å². The van der Waals surface area contributed by atoms with E-state index in [0.717, 1.165) is 43.9 Å². The van der Waals surface area contributed by atoms with Crippen LogP contribution in [0, 0.1) is 12.8 Å². The van der Waals surface area contributed by atoms with Gasteiger partial charge in [-0.2, -0.15) is 0 Å². The van der Waals surface area contributed by atoms with Crippen molar-refractivity contribution in [3.05, 3.63) is 68.6 Å². The largest absolute Gasteiger partial charge is 0.378 e. The molecule has 36 heavy (non-hydrogen) atoms. The van der Waals surface area contributed by atoms with Gasteiger partial charge < -0.3 is 14.2 Å². The molecule has 1 saturated heterocycles. The van der Waals surface area contributed by atoms with E-state index in [1.54, 1.807) is 13.2 Å². The Hall–Kier alpha value is -2.44. The Kier molecular flexibility index (Phi) is 7.92. The third-order valence-electron chi connectivity index (χ3n) is 8.73. The van der Waals surface area contributed by atoms with Gasteiger partial charge in [0.05, 0.1) is 12.3 Å². The highest BCUT2D eigenvalue weighted by atomic mass is 16.5. The van der Waals surface area contributed by atoms with Crippen molar-refractivity contribution in [3.63, 3.8) is 0 Å². The van der Waals surface area contributed by atoms with Crippen LogP contribution in [0.1, 0.15) is 71.4 Å². The lowest BCUT2D eigenvalue weighted by atomic mass is 9.87. The van der Waals surface area contributed by atoms with Crippen LogP contribution in [0.25, 0.3) is 0 Å². The Morgan fingerprint density at radius 2 is 1.72 bits per heavy atom. The molecule has 194 valence electrons. The highest BCUT2D eigenvalue weighted by molar-refractivity contribution is 5.95. The van der Waals surface area contributed by atoms with Crippen LogP contribution in [0.2, 0.25) is 0 Å². The van der Waals surface area contributed by atoms with Crippen molar-refractivity contribution in [2.75, 3.05) is 33.3 Å². The molecule has 2 heterocycles. The molecule has 0 N–H and O–H groups in total. The quantitative estimate of drug-likeness (QED) is 0.608. The fourth-order valence-electron chi connectivity index (χ4n) is 6.67. The summed E-state index contributed by atoms with van der Waals surface area (Å²) in [5.41, 5.74) is 4.78. The van der Waals surface area contributed by atoms with Gasteiger partial charge in [0.2, 0.25) is 0 Å². The number of pyridine rings is 1. The third-order valence-corrected chi connectivity index (χ3v) is 8.73. The Labute approximate surface area is 215 Å². The summed E-state index contributed by atoms with van der Waals surface area (Å²) < 4.78 is 7.73. The monoisotopic (exact) mass is 491 g/mol. The van der Waals surface area contributed by atoms with Crippen molar-refractivity contribution >= 4 is 5.91 Å². The number of piperazine rings is 1. The van der Waals surface area contributed by atoms with E-state index in [0.29, 0.717) is 30.6 Å². The van der Waals surface area contributed by atoms with Crippen LogP contribution < -0.4 is 5.43 Å². The second-order valence-electron chi connectivity index (χ2n) is 11.0. The average molecular weight is 492 g/mol. The normalized spacial score (nSPS) is 21.4. The van der Waals surface area contributed by atoms with Gasteiger partial charge >= 0.3 is 0 Å². The smallest absolute Gasteiger partial charge is 0.259 e. The van der Waals surface area contributed by atoms with Gasteiger partial charge in [-0.3, -0.25) is 14.5 Å². The van der Waals surface area contributed by atoms with E-state index in [-0.39, 0.29) is 17.9 Å². The predicted molar refractivity (Wildman–Crippen MR) is 142 cm³/mol. The van der Waals surface area contributed by atoms with E-state index in [1.807, 2.05) is 11.8 Å². The molecule has 2 aromatic rings. The minimum Gasteiger partial charge on any atom is -0.378 e. The maximum Gasteiger partial charge on any atom is 0.259 e. The van der Waals surface area contributed by atoms with Gasteiger partial charge in [0.25, 0.3) is 5.91 Å².